The molecule has 0 heterocycles. The average Bonchev–Trinajstić information content (AvgIpc) is 2.63. The van der Waals surface area contributed by atoms with Crippen molar-refractivity contribution in [2.45, 2.75) is 13.8 Å². The first-order valence-electron chi connectivity index (χ1n) is 8.54. The first-order chi connectivity index (χ1) is 13.5. The number of rotatable bonds is 7. The molecule has 1 N–H and O–H groups in total. The number of carbonyl (C=O) groups excluding carboxylic acids is 2. The molecule has 7 nitrogen and oxygen atoms in total. The van der Waals surface area contributed by atoms with Gasteiger partial charge in [-0.15, -0.1) is 0 Å². The van der Waals surface area contributed by atoms with Gasteiger partial charge < -0.3 is 10.1 Å². The summed E-state index contributed by atoms with van der Waals surface area (Å²) in [5.41, 5.74) is 1.27. The molecule has 156 valence electrons. The Labute approximate surface area is 179 Å². The quantitative estimate of drug-likeness (QED) is 0.635. The molecule has 2 aromatic carbocycles. The third-order valence-corrected chi connectivity index (χ3v) is 5.65. The van der Waals surface area contributed by atoms with Crippen molar-refractivity contribution < 1.29 is 22.7 Å². The zero-order valence-corrected chi connectivity index (χ0v) is 18.4. The lowest BCUT2D eigenvalue weighted by molar-refractivity contribution is -0.114. The number of ether oxygens (including phenoxy) is 1. The largest absolute Gasteiger partial charge is 0.462 e. The monoisotopic (exact) mass is 458 g/mol. The van der Waals surface area contributed by atoms with Crippen LogP contribution in [0.25, 0.3) is 0 Å². The molecular weight excluding hydrogens is 439 g/mol. The van der Waals surface area contributed by atoms with Crippen LogP contribution in [0, 0.1) is 6.92 Å². The summed E-state index contributed by atoms with van der Waals surface area (Å²) < 4.78 is 30.4. The molecule has 0 saturated heterocycles. The van der Waals surface area contributed by atoms with Crippen LogP contribution in [-0.2, 0) is 19.6 Å². The minimum absolute atomic E-state index is 0.0915. The molecule has 0 aliphatic carbocycles. The smallest absolute Gasteiger partial charge is 0.338 e. The summed E-state index contributed by atoms with van der Waals surface area (Å²) in [5, 5.41) is 3.03. The first kappa shape index (κ1) is 23.0. The summed E-state index contributed by atoms with van der Waals surface area (Å²) in [6.07, 6.45) is 0.962. The van der Waals surface area contributed by atoms with Crippen LogP contribution in [0.3, 0.4) is 0 Å². The molecule has 1 amide bonds. The molecular formula is C19H20Cl2N2O5S. The van der Waals surface area contributed by atoms with Gasteiger partial charge in [0.2, 0.25) is 15.9 Å². The van der Waals surface area contributed by atoms with Gasteiger partial charge in [-0.25, -0.2) is 13.2 Å². The molecule has 0 bridgehead atoms. The Morgan fingerprint density at radius 1 is 1.17 bits per heavy atom. The van der Waals surface area contributed by atoms with Crippen LogP contribution in [0.4, 0.5) is 11.4 Å². The topological polar surface area (TPSA) is 92.8 Å². The maximum absolute atomic E-state index is 12.6. The molecule has 0 fully saturated rings. The Hall–Kier alpha value is -2.29. The van der Waals surface area contributed by atoms with Gasteiger partial charge in [0, 0.05) is 10.7 Å². The van der Waals surface area contributed by atoms with Gasteiger partial charge in [0.15, 0.2) is 0 Å². The molecule has 10 heteroatoms. The van der Waals surface area contributed by atoms with Gasteiger partial charge >= 0.3 is 5.97 Å². The number of amides is 1. The lowest BCUT2D eigenvalue weighted by atomic mass is 10.1. The van der Waals surface area contributed by atoms with Crippen LogP contribution < -0.4 is 9.62 Å². The molecule has 2 aromatic rings. The van der Waals surface area contributed by atoms with Crippen LogP contribution in [0.2, 0.25) is 10.0 Å². The van der Waals surface area contributed by atoms with Crippen LogP contribution in [0.1, 0.15) is 22.8 Å². The number of nitrogens with one attached hydrogen (secondary N) is 1. The Bertz CT molecular complexity index is 1040. The summed E-state index contributed by atoms with van der Waals surface area (Å²) >= 11 is 12.0. The lowest BCUT2D eigenvalue weighted by Crippen LogP contribution is -2.37. The molecule has 0 aliphatic rings. The van der Waals surface area contributed by atoms with Crippen molar-refractivity contribution in [1.82, 2.24) is 0 Å². The Morgan fingerprint density at radius 3 is 2.48 bits per heavy atom. The number of nitrogens with zero attached hydrogens (tertiary/aromatic N) is 1. The van der Waals surface area contributed by atoms with Crippen LogP contribution in [0.15, 0.2) is 36.4 Å². The highest BCUT2D eigenvalue weighted by atomic mass is 35.5. The number of anilines is 2. The van der Waals surface area contributed by atoms with Gasteiger partial charge in [-0.1, -0.05) is 29.3 Å². The molecule has 2 rings (SSSR count). The van der Waals surface area contributed by atoms with Crippen molar-refractivity contribution in [1.29, 1.82) is 0 Å². The van der Waals surface area contributed by atoms with Gasteiger partial charge in [0.25, 0.3) is 0 Å². The summed E-state index contributed by atoms with van der Waals surface area (Å²) in [6, 6.07) is 9.10. The third-order valence-electron chi connectivity index (χ3n) is 3.97. The first-order valence-corrected chi connectivity index (χ1v) is 11.1. The van der Waals surface area contributed by atoms with Crippen molar-refractivity contribution in [3.63, 3.8) is 0 Å². The zero-order valence-electron chi connectivity index (χ0n) is 16.0. The van der Waals surface area contributed by atoms with Crippen LogP contribution in [0.5, 0.6) is 0 Å². The molecule has 0 aromatic heterocycles. The third kappa shape index (κ3) is 5.85. The molecule has 0 aliphatic heterocycles. The highest BCUT2D eigenvalue weighted by molar-refractivity contribution is 7.92. The summed E-state index contributed by atoms with van der Waals surface area (Å²) in [4.78, 5) is 24.6. The van der Waals surface area contributed by atoms with Gasteiger partial charge in [-0.3, -0.25) is 9.10 Å². The van der Waals surface area contributed by atoms with E-state index in [1.165, 1.54) is 18.2 Å². The van der Waals surface area contributed by atoms with Crippen molar-refractivity contribution in [3.8, 4) is 0 Å². The summed E-state index contributed by atoms with van der Waals surface area (Å²) in [6.45, 7) is 3.05. The van der Waals surface area contributed by atoms with Gasteiger partial charge in [-0.05, 0) is 49.7 Å². The number of benzene rings is 2. The standard InChI is InChI=1S/C19H20Cl2N2O5S/c1-4-28-19(25)14-6-5-7-16(12(14)2)22-18(24)11-23(29(3,26)27)17-10-13(20)8-9-15(17)21/h5-10H,4,11H2,1-3H3,(H,22,24). The fourth-order valence-corrected chi connectivity index (χ4v) is 3.88. The lowest BCUT2D eigenvalue weighted by Gasteiger charge is -2.23. The minimum atomic E-state index is -3.83. The molecule has 0 radical (unpaired) electrons. The summed E-state index contributed by atoms with van der Waals surface area (Å²) in [7, 11) is -3.83. The average molecular weight is 459 g/mol. The second-order valence-electron chi connectivity index (χ2n) is 6.11. The van der Waals surface area contributed by atoms with E-state index in [9.17, 15) is 18.0 Å². The molecule has 29 heavy (non-hydrogen) atoms. The van der Waals surface area contributed by atoms with Crippen molar-refractivity contribution in [2.24, 2.45) is 0 Å². The summed E-state index contributed by atoms with van der Waals surface area (Å²) in [5.74, 6) is -1.12. The fourth-order valence-electron chi connectivity index (χ4n) is 2.58. The SMILES string of the molecule is CCOC(=O)c1cccc(NC(=O)CN(c2cc(Cl)ccc2Cl)S(C)(=O)=O)c1C. The second-order valence-corrected chi connectivity index (χ2v) is 8.86. The van der Waals surface area contributed by atoms with E-state index in [4.69, 9.17) is 27.9 Å². The maximum Gasteiger partial charge on any atom is 0.338 e. The maximum atomic E-state index is 12.6. The predicted molar refractivity (Wildman–Crippen MR) is 114 cm³/mol. The molecule has 0 spiro atoms. The highest BCUT2D eigenvalue weighted by Gasteiger charge is 2.24. The van der Waals surface area contributed by atoms with E-state index in [1.807, 2.05) is 0 Å². The van der Waals surface area contributed by atoms with E-state index in [0.717, 1.165) is 10.6 Å². The van der Waals surface area contributed by atoms with E-state index >= 15 is 0 Å². The Balaban J connectivity index is 2.29. The van der Waals surface area contributed by atoms with Crippen LogP contribution >= 0.6 is 23.2 Å². The van der Waals surface area contributed by atoms with Gasteiger partial charge in [0.1, 0.15) is 6.54 Å². The van der Waals surface area contributed by atoms with Gasteiger partial charge in [0.05, 0.1) is 29.1 Å². The number of hydrogen-bond donors (Lipinski definition) is 1. The molecule has 0 unspecified atom stereocenters. The Kier molecular flexibility index (Phi) is 7.51. The number of sulfonamides is 1. The van der Waals surface area contributed by atoms with Crippen LogP contribution in [-0.4, -0.2) is 39.7 Å². The number of esters is 1. The van der Waals surface area contributed by atoms with Crippen molar-refractivity contribution >= 4 is 56.5 Å². The number of carbonyl (C=O) groups is 2. The van der Waals surface area contributed by atoms with E-state index in [0.29, 0.717) is 16.8 Å². The zero-order chi connectivity index (χ0) is 21.8. The van der Waals surface area contributed by atoms with E-state index in [-0.39, 0.29) is 22.3 Å². The molecule has 0 atom stereocenters. The predicted octanol–water partition coefficient (Wildman–Crippen LogP) is 3.88. The van der Waals surface area contributed by atoms with E-state index in [2.05, 4.69) is 5.32 Å². The number of halogens is 2. The van der Waals surface area contributed by atoms with Crippen molar-refractivity contribution in [2.75, 3.05) is 29.0 Å². The minimum Gasteiger partial charge on any atom is -0.462 e. The fraction of sp³-hybridized carbons (Fsp3) is 0.263. The molecule has 0 saturated carbocycles. The van der Waals surface area contributed by atoms with E-state index < -0.39 is 28.4 Å². The number of hydrogen-bond acceptors (Lipinski definition) is 5. The van der Waals surface area contributed by atoms with Crippen molar-refractivity contribution in [3.05, 3.63) is 57.6 Å². The highest BCUT2D eigenvalue weighted by Crippen LogP contribution is 2.30. The second kappa shape index (κ2) is 9.47. The van der Waals surface area contributed by atoms with E-state index in [1.54, 1.807) is 32.0 Å². The normalized spacial score (nSPS) is 11.1. The van der Waals surface area contributed by atoms with Gasteiger partial charge in [-0.2, -0.15) is 0 Å². The Morgan fingerprint density at radius 2 is 1.86 bits per heavy atom.